The number of rotatable bonds is 7. The van der Waals surface area contributed by atoms with E-state index in [9.17, 15) is 4.57 Å². The first-order valence-electron chi connectivity index (χ1n) is 8.52. The van der Waals surface area contributed by atoms with Gasteiger partial charge in [-0.1, -0.05) is 0 Å². The Bertz CT molecular complexity index is 664. The van der Waals surface area contributed by atoms with Gasteiger partial charge in [-0.3, -0.25) is 4.57 Å². The van der Waals surface area contributed by atoms with Crippen LogP contribution in [0.15, 0.2) is 48.5 Å². The van der Waals surface area contributed by atoms with Gasteiger partial charge in [-0.2, -0.15) is 0 Å². The number of ether oxygens (including phenoxy) is 2. The number of nitrogens with zero attached hydrogens (tertiary/aromatic N) is 1. The molecule has 0 saturated heterocycles. The van der Waals surface area contributed by atoms with Crippen molar-refractivity contribution < 1.29 is 14.0 Å². The molecule has 25 heavy (non-hydrogen) atoms. The molecular formula is C20H28NO3P. The van der Waals surface area contributed by atoms with Crippen LogP contribution in [0, 0.1) is 0 Å². The first-order chi connectivity index (χ1) is 11.8. The minimum Gasteiger partial charge on any atom is -0.497 e. The van der Waals surface area contributed by atoms with Gasteiger partial charge in [0.1, 0.15) is 11.5 Å². The molecule has 0 unspecified atom stereocenters. The van der Waals surface area contributed by atoms with Gasteiger partial charge in [0.15, 0.2) is 0 Å². The van der Waals surface area contributed by atoms with Crippen LogP contribution in [0.25, 0.3) is 0 Å². The highest BCUT2D eigenvalue weighted by Crippen LogP contribution is 2.50. The van der Waals surface area contributed by atoms with E-state index in [2.05, 4.69) is 32.4 Å². The lowest BCUT2D eigenvalue weighted by molar-refractivity contribution is 0.307. The highest BCUT2D eigenvalue weighted by atomic mass is 31.2. The maximum atomic E-state index is 14.4. The highest BCUT2D eigenvalue weighted by molar-refractivity contribution is 7.76. The van der Waals surface area contributed by atoms with Gasteiger partial charge in [0.2, 0.25) is 7.29 Å². The smallest absolute Gasteiger partial charge is 0.207 e. The van der Waals surface area contributed by atoms with Crippen LogP contribution in [0.3, 0.4) is 0 Å². The zero-order chi connectivity index (χ0) is 18.6. The monoisotopic (exact) mass is 361 g/mol. The van der Waals surface area contributed by atoms with E-state index in [4.69, 9.17) is 9.47 Å². The van der Waals surface area contributed by atoms with E-state index in [1.807, 2.05) is 48.5 Å². The molecule has 0 radical (unpaired) electrons. The minimum atomic E-state index is -2.98. The summed E-state index contributed by atoms with van der Waals surface area (Å²) in [6.07, 6.45) is 0. The van der Waals surface area contributed by atoms with Crippen molar-refractivity contribution in [1.82, 2.24) is 4.67 Å². The SMILES string of the molecule is COc1ccc(P(=O)(c2ccc(OC)cc2)N(C(C)C)C(C)C)cc1. The Morgan fingerprint density at radius 1 is 0.720 bits per heavy atom. The zero-order valence-electron chi connectivity index (χ0n) is 15.9. The van der Waals surface area contributed by atoms with Crippen molar-refractivity contribution in [2.75, 3.05) is 14.2 Å². The molecule has 0 aromatic heterocycles. The molecule has 0 heterocycles. The minimum absolute atomic E-state index is 0.134. The summed E-state index contributed by atoms with van der Waals surface area (Å²) in [6.45, 7) is 8.33. The average molecular weight is 361 g/mol. The lowest BCUT2D eigenvalue weighted by Crippen LogP contribution is -2.41. The molecule has 0 fully saturated rings. The summed E-state index contributed by atoms with van der Waals surface area (Å²) in [4.78, 5) is 0. The summed E-state index contributed by atoms with van der Waals surface area (Å²) in [5, 5.41) is 1.61. The molecule has 4 nitrogen and oxygen atoms in total. The molecule has 2 rings (SSSR count). The van der Waals surface area contributed by atoms with E-state index in [1.165, 1.54) is 0 Å². The third kappa shape index (κ3) is 3.91. The molecule has 2 aromatic rings. The predicted octanol–water partition coefficient (Wildman–Crippen LogP) is 4.05. The van der Waals surface area contributed by atoms with E-state index in [-0.39, 0.29) is 12.1 Å². The van der Waals surface area contributed by atoms with Gasteiger partial charge in [-0.25, -0.2) is 4.67 Å². The summed E-state index contributed by atoms with van der Waals surface area (Å²) in [6, 6.07) is 15.3. The fraction of sp³-hybridized carbons (Fsp3) is 0.400. The van der Waals surface area contributed by atoms with Crippen LogP contribution in [0.4, 0.5) is 0 Å². The van der Waals surface area contributed by atoms with Crippen molar-refractivity contribution in [2.24, 2.45) is 0 Å². The highest BCUT2D eigenvalue weighted by Gasteiger charge is 2.38. The zero-order valence-corrected chi connectivity index (χ0v) is 16.8. The van der Waals surface area contributed by atoms with Gasteiger partial charge in [-0.15, -0.1) is 0 Å². The molecular weight excluding hydrogens is 333 g/mol. The van der Waals surface area contributed by atoms with Gasteiger partial charge in [0.05, 0.1) is 14.2 Å². The van der Waals surface area contributed by atoms with Crippen molar-refractivity contribution in [1.29, 1.82) is 0 Å². The largest absolute Gasteiger partial charge is 0.497 e. The maximum absolute atomic E-state index is 14.4. The van der Waals surface area contributed by atoms with Crippen LogP contribution >= 0.6 is 7.29 Å². The standard InChI is InChI=1S/C20H28NO3P/c1-15(2)21(16(3)4)25(22,19-11-7-17(23-5)8-12-19)20-13-9-18(24-6)10-14-20/h7-16H,1-6H3. The molecule has 0 aliphatic rings. The second-order valence-corrected chi connectivity index (χ2v) is 9.19. The predicted molar refractivity (Wildman–Crippen MR) is 105 cm³/mol. The summed E-state index contributed by atoms with van der Waals surface area (Å²) in [7, 11) is 0.278. The summed E-state index contributed by atoms with van der Waals surface area (Å²) in [5.74, 6) is 1.51. The van der Waals surface area contributed by atoms with Crippen molar-refractivity contribution in [3.05, 3.63) is 48.5 Å². The van der Waals surface area contributed by atoms with Crippen LogP contribution in [0.5, 0.6) is 11.5 Å². The van der Waals surface area contributed by atoms with Gasteiger partial charge < -0.3 is 9.47 Å². The topological polar surface area (TPSA) is 38.8 Å². The van der Waals surface area contributed by atoms with Crippen molar-refractivity contribution in [3.8, 4) is 11.5 Å². The van der Waals surface area contributed by atoms with Gasteiger partial charge >= 0.3 is 0 Å². The van der Waals surface area contributed by atoms with E-state index in [1.54, 1.807) is 14.2 Å². The fourth-order valence-electron chi connectivity index (χ4n) is 3.23. The Balaban J connectivity index is 2.65. The normalized spacial score (nSPS) is 12.0. The average Bonchev–Trinajstić information content (AvgIpc) is 2.61. The molecule has 0 amide bonds. The molecule has 0 aliphatic carbocycles. The Labute approximate surface area is 151 Å². The lowest BCUT2D eigenvalue weighted by Gasteiger charge is -2.38. The summed E-state index contributed by atoms with van der Waals surface area (Å²) >= 11 is 0. The van der Waals surface area contributed by atoms with E-state index in [0.29, 0.717) is 0 Å². The quantitative estimate of drug-likeness (QED) is 0.698. The van der Waals surface area contributed by atoms with Gasteiger partial charge in [0, 0.05) is 22.7 Å². The van der Waals surface area contributed by atoms with E-state index >= 15 is 0 Å². The Hall–Kier alpha value is -1.77. The van der Waals surface area contributed by atoms with Crippen molar-refractivity contribution in [2.45, 2.75) is 39.8 Å². The first-order valence-corrected chi connectivity index (χ1v) is 10.2. The Morgan fingerprint density at radius 2 is 1.04 bits per heavy atom. The third-order valence-corrected chi connectivity index (χ3v) is 7.80. The third-order valence-electron chi connectivity index (χ3n) is 4.23. The molecule has 136 valence electrons. The molecule has 5 heteroatoms. The summed E-state index contributed by atoms with van der Waals surface area (Å²) < 4.78 is 27.1. The van der Waals surface area contributed by atoms with Crippen LogP contribution in [0.2, 0.25) is 0 Å². The van der Waals surface area contributed by atoms with Gasteiger partial charge in [-0.05, 0) is 76.2 Å². The molecule has 0 saturated carbocycles. The number of hydrogen-bond donors (Lipinski definition) is 0. The lowest BCUT2D eigenvalue weighted by atomic mass is 10.3. The second-order valence-electron chi connectivity index (χ2n) is 6.54. The van der Waals surface area contributed by atoms with Gasteiger partial charge in [0.25, 0.3) is 0 Å². The molecule has 0 aliphatic heterocycles. The van der Waals surface area contributed by atoms with Crippen molar-refractivity contribution in [3.63, 3.8) is 0 Å². The first kappa shape index (κ1) is 19.6. The number of methoxy groups -OCH3 is 2. The maximum Gasteiger partial charge on any atom is 0.207 e. The van der Waals surface area contributed by atoms with Crippen molar-refractivity contribution >= 4 is 17.9 Å². The number of benzene rings is 2. The molecule has 0 atom stereocenters. The van der Waals surface area contributed by atoms with E-state index in [0.717, 1.165) is 22.1 Å². The Morgan fingerprint density at radius 3 is 1.28 bits per heavy atom. The summed E-state index contributed by atoms with van der Waals surface area (Å²) in [5.41, 5.74) is 0. The molecule has 2 aromatic carbocycles. The molecule has 0 N–H and O–H groups in total. The van der Waals surface area contributed by atoms with Crippen LogP contribution < -0.4 is 20.1 Å². The molecule has 0 bridgehead atoms. The Kier molecular flexibility index (Phi) is 6.31. The number of hydrogen-bond acceptors (Lipinski definition) is 3. The molecule has 0 spiro atoms. The van der Waals surface area contributed by atoms with E-state index < -0.39 is 7.29 Å². The van der Waals surface area contributed by atoms with Crippen LogP contribution in [-0.4, -0.2) is 31.0 Å². The second kappa shape index (κ2) is 8.07. The van der Waals surface area contributed by atoms with Crippen LogP contribution in [0.1, 0.15) is 27.7 Å². The fourth-order valence-corrected chi connectivity index (χ4v) is 6.47. The van der Waals surface area contributed by atoms with Crippen LogP contribution in [-0.2, 0) is 4.57 Å².